The van der Waals surface area contributed by atoms with Crippen LogP contribution in [-0.4, -0.2) is 24.4 Å². The molecule has 0 amide bonds. The minimum atomic E-state index is 1.11. The van der Waals surface area contributed by atoms with E-state index in [1.807, 2.05) is 5.41 Å². The summed E-state index contributed by atoms with van der Waals surface area (Å²) >= 11 is 1.29. The van der Waals surface area contributed by atoms with Crippen molar-refractivity contribution >= 4 is 18.2 Å². The molecule has 0 aromatic heterocycles. The highest BCUT2D eigenvalue weighted by Gasteiger charge is 1.98. The third-order valence-corrected chi connectivity index (χ3v) is 2.16. The van der Waals surface area contributed by atoms with Crippen molar-refractivity contribution in [2.24, 2.45) is 5.14 Å². The molecular formula is C10H21N2S+. The van der Waals surface area contributed by atoms with Crippen LogP contribution < -0.4 is 5.14 Å². The van der Waals surface area contributed by atoms with E-state index >= 15 is 0 Å². The van der Waals surface area contributed by atoms with Gasteiger partial charge in [-0.25, -0.2) is 4.58 Å². The fourth-order valence-corrected chi connectivity index (χ4v) is 1.58. The van der Waals surface area contributed by atoms with Gasteiger partial charge in [-0.3, -0.25) is 5.14 Å². The van der Waals surface area contributed by atoms with E-state index in [2.05, 4.69) is 31.7 Å². The quantitative estimate of drug-likeness (QED) is 0.406. The summed E-state index contributed by atoms with van der Waals surface area (Å²) in [5.74, 6) is 0. The highest BCUT2D eigenvalue weighted by atomic mass is 32.2. The van der Waals surface area contributed by atoms with Gasteiger partial charge in [0.25, 0.3) is 0 Å². The lowest BCUT2D eigenvalue weighted by Gasteiger charge is -1.98. The maximum Gasteiger partial charge on any atom is 0.166 e. The molecule has 0 saturated heterocycles. The molecule has 0 atom stereocenters. The first-order valence-corrected chi connectivity index (χ1v) is 5.78. The van der Waals surface area contributed by atoms with Gasteiger partial charge >= 0.3 is 0 Å². The van der Waals surface area contributed by atoms with Crippen molar-refractivity contribution in [3.63, 3.8) is 0 Å². The van der Waals surface area contributed by atoms with Gasteiger partial charge in [-0.2, -0.15) is 0 Å². The third-order valence-electron chi connectivity index (χ3n) is 1.72. The van der Waals surface area contributed by atoms with Crippen molar-refractivity contribution in [3.8, 4) is 0 Å². The van der Waals surface area contributed by atoms with Crippen LogP contribution in [-0.2, 0) is 0 Å². The molecule has 0 unspecified atom stereocenters. The van der Waals surface area contributed by atoms with E-state index in [9.17, 15) is 0 Å². The van der Waals surface area contributed by atoms with Crippen molar-refractivity contribution in [1.82, 2.24) is 0 Å². The van der Waals surface area contributed by atoms with Gasteiger partial charge in [-0.15, -0.1) is 0 Å². The van der Waals surface area contributed by atoms with E-state index in [4.69, 9.17) is 5.14 Å². The highest BCUT2D eigenvalue weighted by molar-refractivity contribution is 8.00. The molecule has 0 fully saturated rings. The SMILES string of the molecule is CCCC(=CSN)C=[N+](C)CCC. The zero-order valence-corrected chi connectivity index (χ0v) is 9.73. The first-order chi connectivity index (χ1) is 6.24. The zero-order chi connectivity index (χ0) is 10.1. The first kappa shape index (κ1) is 12.7. The number of rotatable bonds is 6. The molecule has 0 aliphatic carbocycles. The second kappa shape index (κ2) is 8.32. The minimum absolute atomic E-state index is 1.11. The van der Waals surface area contributed by atoms with Crippen LogP contribution in [0.15, 0.2) is 11.0 Å². The van der Waals surface area contributed by atoms with Crippen molar-refractivity contribution in [2.75, 3.05) is 13.6 Å². The lowest BCUT2D eigenvalue weighted by molar-refractivity contribution is -0.492. The number of nitrogens with zero attached hydrogens (tertiary/aromatic N) is 1. The van der Waals surface area contributed by atoms with Crippen molar-refractivity contribution in [1.29, 1.82) is 0 Å². The molecule has 2 N–H and O–H groups in total. The number of hydrogen-bond acceptors (Lipinski definition) is 2. The molecule has 2 nitrogen and oxygen atoms in total. The van der Waals surface area contributed by atoms with E-state index in [1.54, 1.807) is 0 Å². The Balaban J connectivity index is 4.21. The normalized spacial score (nSPS) is 13.5. The van der Waals surface area contributed by atoms with Crippen LogP contribution in [0.2, 0.25) is 0 Å². The molecule has 0 bridgehead atoms. The zero-order valence-electron chi connectivity index (χ0n) is 8.92. The lowest BCUT2D eigenvalue weighted by Crippen LogP contribution is -2.09. The van der Waals surface area contributed by atoms with Crippen molar-refractivity contribution in [2.45, 2.75) is 33.1 Å². The lowest BCUT2D eigenvalue weighted by atomic mass is 10.2. The summed E-state index contributed by atoms with van der Waals surface area (Å²) in [5, 5.41) is 7.43. The first-order valence-electron chi connectivity index (χ1n) is 4.84. The molecular weight excluding hydrogens is 180 g/mol. The van der Waals surface area contributed by atoms with Crippen LogP contribution in [0.5, 0.6) is 0 Å². The predicted octanol–water partition coefficient (Wildman–Crippen LogP) is 2.40. The third kappa shape index (κ3) is 6.84. The molecule has 0 rings (SSSR count). The Morgan fingerprint density at radius 1 is 1.38 bits per heavy atom. The highest BCUT2D eigenvalue weighted by Crippen LogP contribution is 2.05. The molecule has 0 aliphatic rings. The van der Waals surface area contributed by atoms with Gasteiger partial charge in [0, 0.05) is 12.0 Å². The largest absolute Gasteiger partial charge is 0.274 e. The van der Waals surface area contributed by atoms with Crippen LogP contribution in [0, 0.1) is 0 Å². The summed E-state index contributed by atoms with van der Waals surface area (Å²) in [7, 11) is 2.11. The van der Waals surface area contributed by atoms with E-state index in [1.165, 1.54) is 30.4 Å². The van der Waals surface area contributed by atoms with E-state index in [0.717, 1.165) is 13.0 Å². The fraction of sp³-hybridized carbons (Fsp3) is 0.700. The Morgan fingerprint density at radius 2 is 2.08 bits per heavy atom. The molecule has 3 heteroatoms. The Labute approximate surface area is 86.0 Å². The standard InChI is InChI=1S/C10H21N2S/c1-4-6-10(9-13-11)8-12(3)7-5-2/h8-9H,4-7,11H2,1-3H3/q+1. The van der Waals surface area contributed by atoms with Crippen LogP contribution in [0.4, 0.5) is 0 Å². The van der Waals surface area contributed by atoms with Crippen LogP contribution in [0.25, 0.3) is 0 Å². The summed E-state index contributed by atoms with van der Waals surface area (Å²) in [5.41, 5.74) is 1.32. The maximum absolute atomic E-state index is 5.41. The maximum atomic E-state index is 5.41. The Kier molecular flexibility index (Phi) is 8.14. The monoisotopic (exact) mass is 201 g/mol. The number of allylic oxidation sites excluding steroid dienone is 1. The summed E-state index contributed by atoms with van der Waals surface area (Å²) in [6.07, 6.45) is 5.65. The molecule has 0 aromatic rings. The van der Waals surface area contributed by atoms with E-state index in [-0.39, 0.29) is 0 Å². The molecule has 0 radical (unpaired) electrons. The molecule has 13 heavy (non-hydrogen) atoms. The van der Waals surface area contributed by atoms with Gasteiger partial charge in [-0.1, -0.05) is 32.2 Å². The Bertz CT molecular complexity index is 185. The molecule has 0 aliphatic heterocycles. The van der Waals surface area contributed by atoms with Crippen LogP contribution in [0.1, 0.15) is 33.1 Å². The van der Waals surface area contributed by atoms with E-state index < -0.39 is 0 Å². The molecule has 0 aromatic carbocycles. The Morgan fingerprint density at radius 3 is 2.54 bits per heavy atom. The van der Waals surface area contributed by atoms with E-state index in [0.29, 0.717) is 0 Å². The predicted molar refractivity (Wildman–Crippen MR) is 62.2 cm³/mol. The summed E-state index contributed by atoms with van der Waals surface area (Å²) in [6.45, 7) is 5.48. The average molecular weight is 201 g/mol. The second-order valence-electron chi connectivity index (χ2n) is 3.19. The topological polar surface area (TPSA) is 29.0 Å². The van der Waals surface area contributed by atoms with Crippen molar-refractivity contribution in [3.05, 3.63) is 11.0 Å². The molecule has 0 heterocycles. The number of nitrogens with two attached hydrogens (primary N) is 1. The van der Waals surface area contributed by atoms with Crippen LogP contribution >= 0.6 is 11.9 Å². The van der Waals surface area contributed by atoms with Gasteiger partial charge in [0.1, 0.15) is 13.6 Å². The molecule has 0 spiro atoms. The second-order valence-corrected chi connectivity index (χ2v) is 3.70. The fourth-order valence-electron chi connectivity index (χ4n) is 1.23. The van der Waals surface area contributed by atoms with Gasteiger partial charge in [-0.05, 0) is 11.8 Å². The summed E-state index contributed by atoms with van der Waals surface area (Å²) < 4.78 is 2.22. The van der Waals surface area contributed by atoms with Gasteiger partial charge < -0.3 is 0 Å². The number of hydrogen-bond donors (Lipinski definition) is 1. The van der Waals surface area contributed by atoms with Gasteiger partial charge in [0.2, 0.25) is 0 Å². The van der Waals surface area contributed by atoms with Gasteiger partial charge in [0.15, 0.2) is 6.21 Å². The molecule has 76 valence electrons. The Hall–Kier alpha value is -0.280. The summed E-state index contributed by atoms with van der Waals surface area (Å²) in [4.78, 5) is 0. The van der Waals surface area contributed by atoms with Gasteiger partial charge in [0.05, 0.1) is 0 Å². The minimum Gasteiger partial charge on any atom is -0.274 e. The summed E-state index contributed by atoms with van der Waals surface area (Å²) in [6, 6.07) is 0. The average Bonchev–Trinajstić information content (AvgIpc) is 2.05. The molecule has 0 saturated carbocycles. The van der Waals surface area contributed by atoms with Crippen molar-refractivity contribution < 1.29 is 4.58 Å². The van der Waals surface area contributed by atoms with Crippen LogP contribution in [0.3, 0.4) is 0 Å². The smallest absolute Gasteiger partial charge is 0.166 e.